The maximum Gasteiger partial charge on any atom is 0.139 e. The van der Waals surface area contributed by atoms with Crippen LogP contribution in [-0.2, 0) is 0 Å². The average molecular weight is 201 g/mol. The van der Waals surface area contributed by atoms with Gasteiger partial charge in [0.25, 0.3) is 0 Å². The van der Waals surface area contributed by atoms with Crippen LogP contribution in [0.4, 0.5) is 11.4 Å². The summed E-state index contributed by atoms with van der Waals surface area (Å²) >= 11 is 0. The predicted octanol–water partition coefficient (Wildman–Crippen LogP) is 1.62. The van der Waals surface area contributed by atoms with Gasteiger partial charge in [-0.15, -0.1) is 0 Å². The van der Waals surface area contributed by atoms with Gasteiger partial charge in [0.2, 0.25) is 0 Å². The molecule has 0 radical (unpaired) electrons. The molecule has 1 atom stereocenters. The number of benzene rings is 1. The second kappa shape index (κ2) is 3.02. The van der Waals surface area contributed by atoms with E-state index in [1.54, 1.807) is 7.11 Å². The van der Waals surface area contributed by atoms with Crippen LogP contribution in [0.3, 0.4) is 0 Å². The van der Waals surface area contributed by atoms with Crippen LogP contribution < -0.4 is 15.0 Å². The zero-order chi connectivity index (χ0) is 10.3. The molecule has 0 bridgehead atoms. The van der Waals surface area contributed by atoms with Gasteiger partial charge in [0, 0.05) is 24.7 Å². The molecule has 4 nitrogen and oxygen atoms in total. The minimum absolute atomic E-state index is 0.158. The summed E-state index contributed by atoms with van der Waals surface area (Å²) in [6.45, 7) is 0. The number of anilines is 1. The number of hydrogen-bond acceptors (Lipinski definition) is 4. The highest BCUT2D eigenvalue weighted by Gasteiger charge is 2.24. The molecule has 3 rings (SSSR count). The highest BCUT2D eigenvalue weighted by atomic mass is 16.5. The first kappa shape index (κ1) is 8.35. The number of hydrogen-bond donors (Lipinski definition) is 1. The van der Waals surface area contributed by atoms with E-state index in [1.807, 2.05) is 36.8 Å². The lowest BCUT2D eigenvalue weighted by Crippen LogP contribution is -2.38. The summed E-state index contributed by atoms with van der Waals surface area (Å²) in [5.74, 6) is 0.834. The van der Waals surface area contributed by atoms with Crippen molar-refractivity contribution in [2.24, 2.45) is 4.99 Å². The summed E-state index contributed by atoms with van der Waals surface area (Å²) in [5.41, 5.74) is 2.04. The van der Waals surface area contributed by atoms with E-state index in [4.69, 9.17) is 4.74 Å². The third kappa shape index (κ3) is 1.18. The van der Waals surface area contributed by atoms with Gasteiger partial charge in [-0.1, -0.05) is 0 Å². The second-order valence-electron chi connectivity index (χ2n) is 3.47. The van der Waals surface area contributed by atoms with Gasteiger partial charge in [-0.05, 0) is 12.1 Å². The van der Waals surface area contributed by atoms with Crippen LogP contribution >= 0.6 is 0 Å². The zero-order valence-electron chi connectivity index (χ0n) is 8.34. The number of ether oxygens (including phenoxy) is 1. The standard InChI is InChI=1S/C11H11N3O/c1-15-8-2-3-10-9(6-8)13-7-11-12-4-5-14(10)11/h2-7,11-12H,1H3. The van der Waals surface area contributed by atoms with Gasteiger partial charge in [0.1, 0.15) is 11.9 Å². The Morgan fingerprint density at radius 3 is 3.27 bits per heavy atom. The van der Waals surface area contributed by atoms with Crippen molar-refractivity contribution in [2.45, 2.75) is 6.17 Å². The number of fused-ring (bicyclic) bond motifs is 3. The van der Waals surface area contributed by atoms with Gasteiger partial charge in [-0.25, -0.2) is 0 Å². The summed E-state index contributed by atoms with van der Waals surface area (Å²) in [6, 6.07) is 5.91. The van der Waals surface area contributed by atoms with E-state index in [-0.39, 0.29) is 6.17 Å². The minimum Gasteiger partial charge on any atom is -0.497 e. The molecule has 76 valence electrons. The highest BCUT2D eigenvalue weighted by Crippen LogP contribution is 2.36. The van der Waals surface area contributed by atoms with Gasteiger partial charge in [0.05, 0.1) is 18.5 Å². The molecular formula is C11H11N3O. The molecular weight excluding hydrogens is 190 g/mol. The molecule has 0 spiro atoms. The monoisotopic (exact) mass is 201 g/mol. The van der Waals surface area contributed by atoms with Crippen molar-refractivity contribution >= 4 is 17.6 Å². The fourth-order valence-corrected chi connectivity index (χ4v) is 1.84. The van der Waals surface area contributed by atoms with Crippen molar-refractivity contribution in [1.82, 2.24) is 5.32 Å². The van der Waals surface area contributed by atoms with E-state index in [9.17, 15) is 0 Å². The van der Waals surface area contributed by atoms with Gasteiger partial charge in [-0.2, -0.15) is 0 Å². The molecule has 0 saturated heterocycles. The Bertz CT molecular complexity index is 453. The molecule has 2 aliphatic rings. The first-order valence-electron chi connectivity index (χ1n) is 4.82. The topological polar surface area (TPSA) is 36.9 Å². The summed E-state index contributed by atoms with van der Waals surface area (Å²) < 4.78 is 5.17. The largest absolute Gasteiger partial charge is 0.497 e. The lowest BCUT2D eigenvalue weighted by Gasteiger charge is -2.27. The lowest BCUT2D eigenvalue weighted by atomic mass is 10.2. The minimum atomic E-state index is 0.158. The Morgan fingerprint density at radius 2 is 2.40 bits per heavy atom. The van der Waals surface area contributed by atoms with Crippen LogP contribution in [-0.4, -0.2) is 19.5 Å². The first-order chi connectivity index (χ1) is 7.38. The van der Waals surface area contributed by atoms with Crippen molar-refractivity contribution in [3.05, 3.63) is 30.6 Å². The molecule has 15 heavy (non-hydrogen) atoms. The number of nitrogens with one attached hydrogen (secondary N) is 1. The van der Waals surface area contributed by atoms with Crippen LogP contribution in [0.25, 0.3) is 0 Å². The predicted molar refractivity (Wildman–Crippen MR) is 59.7 cm³/mol. The van der Waals surface area contributed by atoms with Crippen molar-refractivity contribution < 1.29 is 4.74 Å². The van der Waals surface area contributed by atoms with E-state index in [0.717, 1.165) is 17.1 Å². The zero-order valence-corrected chi connectivity index (χ0v) is 8.34. The Balaban J connectivity index is 2.09. The molecule has 0 amide bonds. The quantitative estimate of drug-likeness (QED) is 0.750. The molecule has 1 aromatic rings. The van der Waals surface area contributed by atoms with E-state index in [1.165, 1.54) is 0 Å². The summed E-state index contributed by atoms with van der Waals surface area (Å²) in [6.07, 6.45) is 5.99. The van der Waals surface area contributed by atoms with Crippen molar-refractivity contribution in [2.75, 3.05) is 12.0 Å². The van der Waals surface area contributed by atoms with Crippen molar-refractivity contribution in [1.29, 1.82) is 0 Å². The number of methoxy groups -OCH3 is 1. The molecule has 2 heterocycles. The number of rotatable bonds is 1. The van der Waals surface area contributed by atoms with Crippen LogP contribution in [0.5, 0.6) is 5.75 Å². The maximum absolute atomic E-state index is 5.17. The fraction of sp³-hybridized carbons (Fsp3) is 0.182. The van der Waals surface area contributed by atoms with Gasteiger partial charge < -0.3 is 15.0 Å². The second-order valence-corrected chi connectivity index (χ2v) is 3.47. The first-order valence-corrected chi connectivity index (χ1v) is 4.82. The SMILES string of the molecule is COc1ccc2c(c1)N=CC1NC=CN21. The van der Waals surface area contributed by atoms with Gasteiger partial charge >= 0.3 is 0 Å². The Morgan fingerprint density at radius 1 is 1.47 bits per heavy atom. The van der Waals surface area contributed by atoms with E-state index in [0.29, 0.717) is 0 Å². The molecule has 2 aliphatic heterocycles. The molecule has 0 aliphatic carbocycles. The van der Waals surface area contributed by atoms with E-state index >= 15 is 0 Å². The molecule has 1 N–H and O–H groups in total. The fourth-order valence-electron chi connectivity index (χ4n) is 1.84. The van der Waals surface area contributed by atoms with E-state index in [2.05, 4.69) is 15.2 Å². The summed E-state index contributed by atoms with van der Waals surface area (Å²) in [5, 5.41) is 3.19. The van der Waals surface area contributed by atoms with Crippen LogP contribution in [0.1, 0.15) is 0 Å². The third-order valence-electron chi connectivity index (χ3n) is 2.62. The van der Waals surface area contributed by atoms with Crippen LogP contribution in [0, 0.1) is 0 Å². The Hall–Kier alpha value is -1.97. The van der Waals surface area contributed by atoms with E-state index < -0.39 is 0 Å². The van der Waals surface area contributed by atoms with Crippen molar-refractivity contribution in [3.8, 4) is 5.75 Å². The third-order valence-corrected chi connectivity index (χ3v) is 2.62. The molecule has 0 aromatic heterocycles. The lowest BCUT2D eigenvalue weighted by molar-refractivity contribution is 0.415. The van der Waals surface area contributed by atoms with Crippen molar-refractivity contribution in [3.63, 3.8) is 0 Å². The van der Waals surface area contributed by atoms with Crippen LogP contribution in [0.2, 0.25) is 0 Å². The summed E-state index contributed by atoms with van der Waals surface area (Å²) in [4.78, 5) is 6.54. The normalized spacial score (nSPS) is 20.9. The van der Waals surface area contributed by atoms with Gasteiger partial charge in [-0.3, -0.25) is 4.99 Å². The number of aliphatic imine (C=N–C) groups is 1. The Kier molecular flexibility index (Phi) is 1.68. The van der Waals surface area contributed by atoms with Gasteiger partial charge in [0.15, 0.2) is 0 Å². The summed E-state index contributed by atoms with van der Waals surface area (Å²) in [7, 11) is 1.66. The molecule has 1 aromatic carbocycles. The molecule has 0 saturated carbocycles. The molecule has 1 unspecified atom stereocenters. The average Bonchev–Trinajstić information content (AvgIpc) is 2.76. The maximum atomic E-state index is 5.17. The molecule has 0 fully saturated rings. The number of nitrogens with zero attached hydrogens (tertiary/aromatic N) is 2. The van der Waals surface area contributed by atoms with Crippen LogP contribution in [0.15, 0.2) is 35.6 Å². The Labute approximate surface area is 87.9 Å². The highest BCUT2D eigenvalue weighted by molar-refractivity contribution is 5.86. The smallest absolute Gasteiger partial charge is 0.139 e. The molecule has 4 heteroatoms.